The molecule has 1 aliphatic rings. The van der Waals surface area contributed by atoms with E-state index in [1.165, 1.54) is 0 Å². The number of amides is 1. The van der Waals surface area contributed by atoms with Gasteiger partial charge >= 0.3 is 5.97 Å². The summed E-state index contributed by atoms with van der Waals surface area (Å²) in [6, 6.07) is 0. The number of nitrogens with zero attached hydrogens (tertiary/aromatic N) is 2. The minimum absolute atomic E-state index is 0.203. The number of carboxylic acids is 1. The normalized spacial score (nSPS) is 22.9. The van der Waals surface area contributed by atoms with Crippen LogP contribution in [0.5, 0.6) is 0 Å². The van der Waals surface area contributed by atoms with E-state index in [9.17, 15) is 14.7 Å². The predicted octanol–water partition coefficient (Wildman–Crippen LogP) is 1.82. The van der Waals surface area contributed by atoms with Crippen LogP contribution in [0, 0.1) is 5.41 Å². The van der Waals surface area contributed by atoms with E-state index in [-0.39, 0.29) is 5.91 Å². The first-order valence-corrected chi connectivity index (χ1v) is 7.72. The van der Waals surface area contributed by atoms with Crippen LogP contribution in [-0.2, 0) is 9.59 Å². The van der Waals surface area contributed by atoms with E-state index in [1.54, 1.807) is 0 Å². The summed E-state index contributed by atoms with van der Waals surface area (Å²) in [5, 5.41) is 9.34. The van der Waals surface area contributed by atoms with Crippen molar-refractivity contribution in [2.24, 2.45) is 5.41 Å². The van der Waals surface area contributed by atoms with Crippen LogP contribution in [0.25, 0.3) is 0 Å². The molecule has 1 saturated heterocycles. The van der Waals surface area contributed by atoms with Gasteiger partial charge in [-0.2, -0.15) is 0 Å². The average Bonchev–Trinajstić information content (AvgIpc) is 2.85. The molecule has 116 valence electrons. The van der Waals surface area contributed by atoms with Gasteiger partial charge in [0.15, 0.2) is 0 Å². The third kappa shape index (κ3) is 3.95. The molecule has 1 amide bonds. The van der Waals surface area contributed by atoms with Crippen molar-refractivity contribution in [3.63, 3.8) is 0 Å². The van der Waals surface area contributed by atoms with Crippen LogP contribution < -0.4 is 0 Å². The molecule has 0 aromatic carbocycles. The lowest BCUT2D eigenvalue weighted by molar-refractivity contribution is -0.148. The van der Waals surface area contributed by atoms with E-state index < -0.39 is 11.4 Å². The summed E-state index contributed by atoms with van der Waals surface area (Å²) >= 11 is 0. The van der Waals surface area contributed by atoms with Crippen molar-refractivity contribution in [3.05, 3.63) is 0 Å². The maximum absolute atomic E-state index is 11.9. The summed E-state index contributed by atoms with van der Waals surface area (Å²) < 4.78 is 0. The molecule has 1 rings (SSSR count). The molecule has 0 aromatic rings. The zero-order valence-electron chi connectivity index (χ0n) is 13.0. The van der Waals surface area contributed by atoms with Gasteiger partial charge in [-0.15, -0.1) is 0 Å². The molecule has 1 aliphatic heterocycles. The lowest BCUT2D eigenvalue weighted by Crippen LogP contribution is -2.35. The van der Waals surface area contributed by atoms with E-state index in [4.69, 9.17) is 0 Å². The summed E-state index contributed by atoms with van der Waals surface area (Å²) in [7, 11) is 0. The lowest BCUT2D eigenvalue weighted by atomic mass is 9.84. The van der Waals surface area contributed by atoms with Crippen LogP contribution >= 0.6 is 0 Å². The van der Waals surface area contributed by atoms with E-state index >= 15 is 0 Å². The first-order valence-electron chi connectivity index (χ1n) is 7.72. The summed E-state index contributed by atoms with van der Waals surface area (Å²) in [6.45, 7) is 9.73. The molecule has 1 heterocycles. The molecule has 0 bridgehead atoms. The van der Waals surface area contributed by atoms with Crippen LogP contribution in [0.3, 0.4) is 0 Å². The third-order valence-electron chi connectivity index (χ3n) is 4.54. The Morgan fingerprint density at radius 2 is 1.90 bits per heavy atom. The minimum Gasteiger partial charge on any atom is -0.481 e. The zero-order chi connectivity index (χ0) is 15.2. The van der Waals surface area contributed by atoms with E-state index in [0.717, 1.165) is 39.0 Å². The molecule has 1 N–H and O–H groups in total. The number of carboxylic acid groups (broad SMARTS) is 1. The average molecular weight is 284 g/mol. The quantitative estimate of drug-likeness (QED) is 0.738. The Kier molecular flexibility index (Phi) is 6.46. The Morgan fingerprint density at radius 3 is 2.35 bits per heavy atom. The van der Waals surface area contributed by atoms with Crippen molar-refractivity contribution >= 4 is 11.9 Å². The molecule has 5 heteroatoms. The zero-order valence-corrected chi connectivity index (χ0v) is 13.0. The van der Waals surface area contributed by atoms with Gasteiger partial charge in [0.25, 0.3) is 0 Å². The van der Waals surface area contributed by atoms with Crippen molar-refractivity contribution < 1.29 is 14.7 Å². The van der Waals surface area contributed by atoms with Gasteiger partial charge in [-0.3, -0.25) is 9.59 Å². The number of rotatable bonds is 8. The largest absolute Gasteiger partial charge is 0.481 e. The number of aliphatic carboxylic acids is 1. The topological polar surface area (TPSA) is 60.9 Å². The summed E-state index contributed by atoms with van der Waals surface area (Å²) in [6.07, 6.45) is 2.78. The molecule has 20 heavy (non-hydrogen) atoms. The van der Waals surface area contributed by atoms with Crippen molar-refractivity contribution in [2.45, 2.75) is 46.5 Å². The summed E-state index contributed by atoms with van der Waals surface area (Å²) in [4.78, 5) is 27.3. The number of likely N-dealkylation sites (tertiary alicyclic amines) is 1. The first-order chi connectivity index (χ1) is 9.49. The van der Waals surface area contributed by atoms with E-state index in [0.29, 0.717) is 19.4 Å². The van der Waals surface area contributed by atoms with Gasteiger partial charge in [-0.05, 0) is 46.2 Å². The second kappa shape index (κ2) is 7.62. The molecule has 1 unspecified atom stereocenters. The number of hydrogen-bond donors (Lipinski definition) is 1. The van der Waals surface area contributed by atoms with Crippen LogP contribution in [-0.4, -0.2) is 59.5 Å². The van der Waals surface area contributed by atoms with Gasteiger partial charge in [0.05, 0.1) is 5.41 Å². The van der Waals surface area contributed by atoms with Gasteiger partial charge in [-0.25, -0.2) is 0 Å². The molecule has 1 fully saturated rings. The van der Waals surface area contributed by atoms with Crippen molar-refractivity contribution in [3.8, 4) is 0 Å². The summed E-state index contributed by atoms with van der Waals surface area (Å²) in [5.74, 6) is -0.476. The fourth-order valence-electron chi connectivity index (χ4n) is 2.95. The maximum atomic E-state index is 11.9. The predicted molar refractivity (Wildman–Crippen MR) is 78.6 cm³/mol. The second-order valence-electron chi connectivity index (χ2n) is 5.63. The molecule has 0 spiro atoms. The Morgan fingerprint density at radius 1 is 1.25 bits per heavy atom. The van der Waals surface area contributed by atoms with Crippen LogP contribution in [0.15, 0.2) is 0 Å². The molecular weight excluding hydrogens is 256 g/mol. The number of hydrogen-bond acceptors (Lipinski definition) is 3. The Bertz CT molecular complexity index is 342. The SMILES string of the molecule is CCN(CC)C(=O)CCCN1CCC(CC)(C(=O)O)C1. The van der Waals surface area contributed by atoms with Gasteiger partial charge < -0.3 is 14.9 Å². The van der Waals surface area contributed by atoms with Crippen molar-refractivity contribution in [1.29, 1.82) is 0 Å². The molecular formula is C15H28N2O3. The summed E-state index contributed by atoms with van der Waals surface area (Å²) in [5.41, 5.74) is -0.567. The van der Waals surface area contributed by atoms with Crippen LogP contribution in [0.2, 0.25) is 0 Å². The standard InChI is InChI=1S/C15H28N2O3/c1-4-15(14(19)20)9-11-16(12-15)10-7-8-13(18)17(5-2)6-3/h4-12H2,1-3H3,(H,19,20). The van der Waals surface area contributed by atoms with E-state index in [1.807, 2.05) is 25.7 Å². The maximum Gasteiger partial charge on any atom is 0.310 e. The highest BCUT2D eigenvalue weighted by atomic mass is 16.4. The first kappa shape index (κ1) is 17.0. The monoisotopic (exact) mass is 284 g/mol. The molecule has 0 aliphatic carbocycles. The minimum atomic E-state index is -0.679. The highest BCUT2D eigenvalue weighted by Crippen LogP contribution is 2.34. The molecule has 1 atom stereocenters. The molecule has 0 radical (unpaired) electrons. The highest BCUT2D eigenvalue weighted by Gasteiger charge is 2.42. The molecule has 0 aromatic heterocycles. The van der Waals surface area contributed by atoms with Gasteiger partial charge in [0.2, 0.25) is 5.91 Å². The van der Waals surface area contributed by atoms with Gasteiger partial charge in [0, 0.05) is 26.1 Å². The molecule has 5 nitrogen and oxygen atoms in total. The van der Waals surface area contributed by atoms with Crippen molar-refractivity contribution in [1.82, 2.24) is 9.80 Å². The van der Waals surface area contributed by atoms with Crippen LogP contribution in [0.1, 0.15) is 46.5 Å². The smallest absolute Gasteiger partial charge is 0.310 e. The van der Waals surface area contributed by atoms with Crippen LogP contribution in [0.4, 0.5) is 0 Å². The number of carbonyl (C=O) groups is 2. The molecule has 0 saturated carbocycles. The Hall–Kier alpha value is -1.10. The second-order valence-corrected chi connectivity index (χ2v) is 5.63. The Balaban J connectivity index is 2.34. The van der Waals surface area contributed by atoms with Gasteiger partial charge in [0.1, 0.15) is 0 Å². The van der Waals surface area contributed by atoms with Crippen molar-refractivity contribution in [2.75, 3.05) is 32.7 Å². The third-order valence-corrected chi connectivity index (χ3v) is 4.54. The fraction of sp³-hybridized carbons (Fsp3) is 0.867. The highest BCUT2D eigenvalue weighted by molar-refractivity contribution is 5.76. The lowest BCUT2D eigenvalue weighted by Gasteiger charge is -2.23. The Labute approximate surface area is 121 Å². The number of carbonyl (C=O) groups excluding carboxylic acids is 1. The van der Waals surface area contributed by atoms with Gasteiger partial charge in [-0.1, -0.05) is 6.92 Å². The fourth-order valence-corrected chi connectivity index (χ4v) is 2.95. The van der Waals surface area contributed by atoms with E-state index in [2.05, 4.69) is 4.90 Å².